The summed E-state index contributed by atoms with van der Waals surface area (Å²) in [4.78, 5) is 13.8. The predicted octanol–water partition coefficient (Wildman–Crippen LogP) is 1.22. The van der Waals surface area contributed by atoms with Gasteiger partial charge in [0.15, 0.2) is 9.84 Å². The van der Waals surface area contributed by atoms with Gasteiger partial charge < -0.3 is 4.74 Å². The van der Waals surface area contributed by atoms with Crippen LogP contribution in [-0.4, -0.2) is 57.0 Å². The molecule has 0 atom stereocenters. The lowest BCUT2D eigenvalue weighted by molar-refractivity contribution is 0.0465. The lowest BCUT2D eigenvalue weighted by atomic mass is 10.1. The minimum absolute atomic E-state index is 0.184. The second-order valence-electron chi connectivity index (χ2n) is 4.96. The van der Waals surface area contributed by atoms with Gasteiger partial charge in [-0.1, -0.05) is 24.8 Å². The molecule has 6 heteroatoms. The van der Waals surface area contributed by atoms with Gasteiger partial charge in [0.1, 0.15) is 6.61 Å². The third kappa shape index (κ3) is 4.68. The van der Waals surface area contributed by atoms with Gasteiger partial charge in [0.05, 0.1) is 17.1 Å². The van der Waals surface area contributed by atoms with Crippen LogP contribution in [0.1, 0.15) is 15.9 Å². The quantitative estimate of drug-likeness (QED) is 0.765. The van der Waals surface area contributed by atoms with Crippen molar-refractivity contribution in [2.45, 2.75) is 0 Å². The largest absolute Gasteiger partial charge is 0.461 e. The Morgan fingerprint density at radius 3 is 2.43 bits per heavy atom. The molecule has 0 N–H and O–H groups in total. The molecule has 1 aliphatic heterocycles. The normalized spacial score (nSPS) is 18.1. The first-order valence-corrected chi connectivity index (χ1v) is 8.65. The van der Waals surface area contributed by atoms with Crippen molar-refractivity contribution >= 4 is 21.9 Å². The van der Waals surface area contributed by atoms with Gasteiger partial charge in [0, 0.05) is 19.6 Å². The fourth-order valence-electron chi connectivity index (χ4n) is 2.08. The van der Waals surface area contributed by atoms with Crippen LogP contribution in [0.5, 0.6) is 0 Å². The summed E-state index contributed by atoms with van der Waals surface area (Å²) >= 11 is 0. The van der Waals surface area contributed by atoms with Gasteiger partial charge in [-0.15, -0.1) is 0 Å². The molecule has 1 aromatic carbocycles. The highest BCUT2D eigenvalue weighted by molar-refractivity contribution is 7.91. The van der Waals surface area contributed by atoms with E-state index in [1.54, 1.807) is 30.3 Å². The Hall–Kier alpha value is -1.66. The molecule has 1 fully saturated rings. The summed E-state index contributed by atoms with van der Waals surface area (Å²) in [5.74, 6) is 0.00346. The SMILES string of the molecule is C=Cc1ccc(C(=O)OCCN2CCS(=O)(=O)CC2)cc1. The van der Waals surface area contributed by atoms with Gasteiger partial charge >= 0.3 is 5.97 Å². The van der Waals surface area contributed by atoms with Gasteiger partial charge in [-0.3, -0.25) is 4.90 Å². The van der Waals surface area contributed by atoms with E-state index in [1.807, 2.05) is 4.90 Å². The van der Waals surface area contributed by atoms with Crippen LogP contribution in [0.4, 0.5) is 0 Å². The number of rotatable bonds is 5. The molecule has 0 bridgehead atoms. The first kappa shape index (κ1) is 15.7. The molecule has 1 saturated heterocycles. The van der Waals surface area contributed by atoms with Crippen molar-refractivity contribution in [3.63, 3.8) is 0 Å². The van der Waals surface area contributed by atoms with E-state index in [0.29, 0.717) is 25.2 Å². The van der Waals surface area contributed by atoms with E-state index >= 15 is 0 Å². The molecule has 1 aliphatic rings. The Morgan fingerprint density at radius 1 is 1.24 bits per heavy atom. The number of sulfone groups is 1. The highest BCUT2D eigenvalue weighted by Crippen LogP contribution is 2.07. The van der Waals surface area contributed by atoms with Crippen molar-refractivity contribution in [1.82, 2.24) is 4.90 Å². The summed E-state index contributed by atoms with van der Waals surface area (Å²) in [6.45, 7) is 5.50. The molecule has 0 spiro atoms. The fourth-order valence-corrected chi connectivity index (χ4v) is 3.36. The number of ether oxygens (including phenoxy) is 1. The van der Waals surface area contributed by atoms with Crippen molar-refractivity contribution in [2.24, 2.45) is 0 Å². The van der Waals surface area contributed by atoms with E-state index in [0.717, 1.165) is 5.56 Å². The third-order valence-corrected chi connectivity index (χ3v) is 5.07. The number of carbonyl (C=O) groups is 1. The molecule has 0 saturated carbocycles. The van der Waals surface area contributed by atoms with Crippen LogP contribution in [0.15, 0.2) is 30.8 Å². The Bertz CT molecular complexity index is 593. The number of carbonyl (C=O) groups excluding carboxylic acids is 1. The molecule has 21 heavy (non-hydrogen) atoms. The van der Waals surface area contributed by atoms with E-state index in [4.69, 9.17) is 4.74 Å². The maximum absolute atomic E-state index is 11.8. The van der Waals surface area contributed by atoms with E-state index in [2.05, 4.69) is 6.58 Å². The van der Waals surface area contributed by atoms with Crippen LogP contribution in [0.2, 0.25) is 0 Å². The summed E-state index contributed by atoms with van der Waals surface area (Å²) in [7, 11) is -2.86. The molecule has 114 valence electrons. The summed E-state index contributed by atoms with van der Waals surface area (Å²) in [6.07, 6.45) is 1.71. The Balaban J connectivity index is 1.75. The monoisotopic (exact) mass is 309 g/mol. The Morgan fingerprint density at radius 2 is 1.86 bits per heavy atom. The van der Waals surface area contributed by atoms with Gasteiger partial charge in [0.2, 0.25) is 0 Å². The van der Waals surface area contributed by atoms with E-state index in [-0.39, 0.29) is 24.1 Å². The van der Waals surface area contributed by atoms with E-state index in [9.17, 15) is 13.2 Å². The molecular formula is C15H19NO4S. The van der Waals surface area contributed by atoms with E-state index < -0.39 is 9.84 Å². The van der Waals surface area contributed by atoms with Crippen LogP contribution >= 0.6 is 0 Å². The lowest BCUT2D eigenvalue weighted by Crippen LogP contribution is -2.41. The Kier molecular flexibility index (Phi) is 5.14. The number of esters is 1. The minimum Gasteiger partial charge on any atom is -0.461 e. The first-order valence-electron chi connectivity index (χ1n) is 6.82. The molecule has 2 rings (SSSR count). The number of nitrogens with zero attached hydrogens (tertiary/aromatic N) is 1. The van der Waals surface area contributed by atoms with Crippen molar-refractivity contribution in [1.29, 1.82) is 0 Å². The maximum atomic E-state index is 11.8. The van der Waals surface area contributed by atoms with Crippen LogP contribution in [0, 0.1) is 0 Å². The smallest absolute Gasteiger partial charge is 0.338 e. The van der Waals surface area contributed by atoms with Crippen LogP contribution in [0.3, 0.4) is 0 Å². The second-order valence-corrected chi connectivity index (χ2v) is 7.26. The van der Waals surface area contributed by atoms with Gasteiger partial charge in [-0.05, 0) is 17.7 Å². The molecule has 0 aliphatic carbocycles. The highest BCUT2D eigenvalue weighted by Gasteiger charge is 2.21. The lowest BCUT2D eigenvalue weighted by Gasteiger charge is -2.26. The topological polar surface area (TPSA) is 63.7 Å². The fraction of sp³-hybridized carbons (Fsp3) is 0.400. The predicted molar refractivity (Wildman–Crippen MR) is 81.9 cm³/mol. The molecule has 1 heterocycles. The van der Waals surface area contributed by atoms with Gasteiger partial charge in [-0.25, -0.2) is 13.2 Å². The zero-order valence-electron chi connectivity index (χ0n) is 11.8. The average Bonchev–Trinajstić information content (AvgIpc) is 2.49. The second kappa shape index (κ2) is 6.87. The zero-order valence-corrected chi connectivity index (χ0v) is 12.6. The molecule has 5 nitrogen and oxygen atoms in total. The number of hydrogen-bond acceptors (Lipinski definition) is 5. The standard InChI is InChI=1S/C15H19NO4S/c1-2-13-3-5-14(6-4-13)15(17)20-10-7-16-8-11-21(18,19)12-9-16/h2-6H,1,7-12H2. The molecular weight excluding hydrogens is 290 g/mol. The van der Waals surface area contributed by atoms with Crippen molar-refractivity contribution < 1.29 is 17.9 Å². The van der Waals surface area contributed by atoms with Gasteiger partial charge in [-0.2, -0.15) is 0 Å². The highest BCUT2D eigenvalue weighted by atomic mass is 32.2. The molecule has 0 aromatic heterocycles. The zero-order chi connectivity index (χ0) is 15.3. The minimum atomic E-state index is -2.86. The van der Waals surface area contributed by atoms with Crippen molar-refractivity contribution in [3.05, 3.63) is 42.0 Å². The third-order valence-electron chi connectivity index (χ3n) is 3.46. The molecule has 0 radical (unpaired) electrons. The molecule has 1 aromatic rings. The molecule has 0 amide bonds. The summed E-state index contributed by atoms with van der Waals surface area (Å²) in [5, 5.41) is 0. The van der Waals surface area contributed by atoms with Crippen molar-refractivity contribution in [2.75, 3.05) is 37.7 Å². The average molecular weight is 309 g/mol. The maximum Gasteiger partial charge on any atom is 0.338 e. The van der Waals surface area contributed by atoms with Crippen LogP contribution in [-0.2, 0) is 14.6 Å². The van der Waals surface area contributed by atoms with Crippen LogP contribution < -0.4 is 0 Å². The first-order chi connectivity index (χ1) is 10.00. The number of benzene rings is 1. The number of hydrogen-bond donors (Lipinski definition) is 0. The summed E-state index contributed by atoms with van der Waals surface area (Å²) < 4.78 is 27.8. The summed E-state index contributed by atoms with van der Waals surface area (Å²) in [5.41, 5.74) is 1.45. The molecule has 0 unspecified atom stereocenters. The van der Waals surface area contributed by atoms with Crippen LogP contribution in [0.25, 0.3) is 6.08 Å². The van der Waals surface area contributed by atoms with Crippen molar-refractivity contribution in [3.8, 4) is 0 Å². The Labute approximate surface area is 125 Å². The van der Waals surface area contributed by atoms with Gasteiger partial charge in [0.25, 0.3) is 0 Å². The van der Waals surface area contributed by atoms with E-state index in [1.165, 1.54) is 0 Å². The summed E-state index contributed by atoms with van der Waals surface area (Å²) in [6, 6.07) is 7.01.